The summed E-state index contributed by atoms with van der Waals surface area (Å²) in [6.07, 6.45) is -4.73. The molecule has 10 heteroatoms. The number of aliphatic hydroxyl groups is 1. The molecule has 2 rings (SSSR count). The molecule has 0 radical (unpaired) electrons. The molecule has 0 aliphatic heterocycles. The Bertz CT molecular complexity index is 811. The van der Waals surface area contributed by atoms with Crippen molar-refractivity contribution in [2.75, 3.05) is 23.0 Å². The number of hydrogen-bond donors (Lipinski definition) is 4. The molecule has 0 bridgehead atoms. The minimum absolute atomic E-state index is 0.0847. The van der Waals surface area contributed by atoms with E-state index in [9.17, 15) is 23.1 Å². The van der Waals surface area contributed by atoms with Gasteiger partial charge >= 0.3 is 6.18 Å². The Hall–Kier alpha value is -2.88. The average Bonchev–Trinajstić information content (AvgIpc) is 2.58. The van der Waals surface area contributed by atoms with Gasteiger partial charge in [0.15, 0.2) is 5.69 Å². The predicted molar refractivity (Wildman–Crippen MR) is 95.2 cm³/mol. The van der Waals surface area contributed by atoms with E-state index in [2.05, 4.69) is 20.6 Å². The maximum Gasteiger partial charge on any atom is 0.433 e. The van der Waals surface area contributed by atoms with E-state index < -0.39 is 23.8 Å². The molecule has 1 aromatic heterocycles. The molecule has 1 atom stereocenters. The summed E-state index contributed by atoms with van der Waals surface area (Å²) in [6, 6.07) is 6.07. The number of nitrogens with two attached hydrogens (primary N) is 1. The van der Waals surface area contributed by atoms with Crippen LogP contribution in [0.3, 0.4) is 0 Å². The van der Waals surface area contributed by atoms with Crippen molar-refractivity contribution in [3.8, 4) is 0 Å². The summed E-state index contributed by atoms with van der Waals surface area (Å²) in [5.41, 5.74) is 4.90. The summed E-state index contributed by atoms with van der Waals surface area (Å²) in [4.78, 5) is 19.6. The number of nitrogen functional groups attached to an aromatic ring is 1. The molecule has 0 saturated carbocycles. The van der Waals surface area contributed by atoms with Gasteiger partial charge in [-0.3, -0.25) is 4.79 Å². The van der Waals surface area contributed by atoms with Crippen LogP contribution in [-0.4, -0.2) is 33.6 Å². The fraction of sp³-hybridized carbons (Fsp3) is 0.353. The zero-order chi connectivity index (χ0) is 20.2. The molecule has 146 valence electrons. The standard InChI is InChI=1S/C17H20F3N5O2/c1-9(2)12(8-26)22-16-23-13(17(18,19)20)7-14(25-16)24-15(27)10-4-3-5-11(21)6-10/h3-7,9,12,26H,8,21H2,1-2H3,(H2,22,23,24,25,27)/t12-/m1/s1. The number of nitrogens with zero attached hydrogens (tertiary/aromatic N) is 2. The third-order valence-electron chi connectivity index (χ3n) is 3.72. The van der Waals surface area contributed by atoms with Gasteiger partial charge < -0.3 is 21.5 Å². The Labute approximate surface area is 153 Å². The van der Waals surface area contributed by atoms with E-state index >= 15 is 0 Å². The maximum absolute atomic E-state index is 13.1. The fourth-order valence-corrected chi connectivity index (χ4v) is 2.18. The second kappa shape index (κ2) is 8.21. The van der Waals surface area contributed by atoms with Gasteiger partial charge in [0, 0.05) is 17.3 Å². The molecular formula is C17H20F3N5O2. The normalized spacial score (nSPS) is 12.7. The number of carbonyl (C=O) groups is 1. The highest BCUT2D eigenvalue weighted by Crippen LogP contribution is 2.30. The van der Waals surface area contributed by atoms with E-state index in [1.54, 1.807) is 26.0 Å². The van der Waals surface area contributed by atoms with Crippen LogP contribution in [-0.2, 0) is 6.18 Å². The lowest BCUT2D eigenvalue weighted by Crippen LogP contribution is -2.31. The lowest BCUT2D eigenvalue weighted by atomic mass is 10.1. The Balaban J connectivity index is 2.34. The Morgan fingerprint density at radius 1 is 1.26 bits per heavy atom. The summed E-state index contributed by atoms with van der Waals surface area (Å²) in [5.74, 6) is -1.42. The number of aliphatic hydroxyl groups excluding tert-OH is 1. The van der Waals surface area contributed by atoms with Crippen LogP contribution < -0.4 is 16.4 Å². The first-order valence-corrected chi connectivity index (χ1v) is 8.10. The van der Waals surface area contributed by atoms with Crippen molar-refractivity contribution in [3.63, 3.8) is 0 Å². The lowest BCUT2D eigenvalue weighted by molar-refractivity contribution is -0.141. The number of benzene rings is 1. The van der Waals surface area contributed by atoms with Crippen molar-refractivity contribution in [1.29, 1.82) is 0 Å². The van der Waals surface area contributed by atoms with Gasteiger partial charge in [-0.25, -0.2) is 4.98 Å². The zero-order valence-corrected chi connectivity index (χ0v) is 14.7. The number of amides is 1. The lowest BCUT2D eigenvalue weighted by Gasteiger charge is -2.21. The third-order valence-corrected chi connectivity index (χ3v) is 3.72. The molecule has 1 heterocycles. The number of anilines is 3. The van der Waals surface area contributed by atoms with Crippen LogP contribution in [0.15, 0.2) is 30.3 Å². The van der Waals surface area contributed by atoms with Crippen molar-refractivity contribution in [2.24, 2.45) is 5.92 Å². The van der Waals surface area contributed by atoms with Crippen molar-refractivity contribution in [2.45, 2.75) is 26.1 Å². The van der Waals surface area contributed by atoms with Crippen LogP contribution in [0.2, 0.25) is 0 Å². The summed E-state index contributed by atoms with van der Waals surface area (Å²) in [5, 5.41) is 14.3. The Morgan fingerprint density at radius 3 is 2.52 bits per heavy atom. The highest BCUT2D eigenvalue weighted by molar-refractivity contribution is 6.04. The fourth-order valence-electron chi connectivity index (χ4n) is 2.18. The van der Waals surface area contributed by atoms with Crippen molar-refractivity contribution < 1.29 is 23.1 Å². The Morgan fingerprint density at radius 2 is 1.96 bits per heavy atom. The SMILES string of the molecule is CC(C)[C@@H](CO)Nc1nc(NC(=O)c2cccc(N)c2)cc(C(F)(F)F)n1. The van der Waals surface area contributed by atoms with Crippen LogP contribution in [0, 0.1) is 5.92 Å². The van der Waals surface area contributed by atoms with Gasteiger partial charge in [0.1, 0.15) is 5.82 Å². The summed E-state index contributed by atoms with van der Waals surface area (Å²) in [7, 11) is 0. The second-order valence-electron chi connectivity index (χ2n) is 6.22. The summed E-state index contributed by atoms with van der Waals surface area (Å²) >= 11 is 0. The molecule has 0 spiro atoms. The van der Waals surface area contributed by atoms with E-state index in [4.69, 9.17) is 5.73 Å². The molecule has 0 aliphatic carbocycles. The molecule has 1 amide bonds. The monoisotopic (exact) mass is 383 g/mol. The number of halogens is 3. The first-order valence-electron chi connectivity index (χ1n) is 8.10. The molecular weight excluding hydrogens is 363 g/mol. The summed E-state index contributed by atoms with van der Waals surface area (Å²) in [6.45, 7) is 3.25. The molecule has 1 aromatic carbocycles. The quantitative estimate of drug-likeness (QED) is 0.571. The van der Waals surface area contributed by atoms with Crippen molar-refractivity contribution in [1.82, 2.24) is 9.97 Å². The van der Waals surface area contributed by atoms with Gasteiger partial charge in [-0.1, -0.05) is 19.9 Å². The van der Waals surface area contributed by atoms with E-state index in [0.717, 1.165) is 0 Å². The molecule has 0 saturated heterocycles. The van der Waals surface area contributed by atoms with Gasteiger partial charge in [0.2, 0.25) is 5.95 Å². The van der Waals surface area contributed by atoms with Gasteiger partial charge in [0.05, 0.1) is 12.6 Å². The maximum atomic E-state index is 13.1. The van der Waals surface area contributed by atoms with E-state index in [1.807, 2.05) is 0 Å². The zero-order valence-electron chi connectivity index (χ0n) is 14.7. The number of hydrogen-bond acceptors (Lipinski definition) is 6. The molecule has 2 aromatic rings. The van der Waals surface area contributed by atoms with Crippen LogP contribution in [0.5, 0.6) is 0 Å². The largest absolute Gasteiger partial charge is 0.433 e. The average molecular weight is 383 g/mol. The van der Waals surface area contributed by atoms with Crippen LogP contribution >= 0.6 is 0 Å². The minimum Gasteiger partial charge on any atom is -0.399 e. The first kappa shape index (κ1) is 20.4. The first-order chi connectivity index (χ1) is 12.6. The third kappa shape index (κ3) is 5.55. The molecule has 27 heavy (non-hydrogen) atoms. The van der Waals surface area contributed by atoms with Gasteiger partial charge in [0.25, 0.3) is 5.91 Å². The van der Waals surface area contributed by atoms with E-state index in [1.165, 1.54) is 12.1 Å². The highest BCUT2D eigenvalue weighted by atomic mass is 19.4. The summed E-state index contributed by atoms with van der Waals surface area (Å²) < 4.78 is 39.4. The molecule has 0 aliphatic rings. The van der Waals surface area contributed by atoms with Crippen LogP contribution in [0.4, 0.5) is 30.6 Å². The van der Waals surface area contributed by atoms with Crippen LogP contribution in [0.1, 0.15) is 29.9 Å². The number of alkyl halides is 3. The number of rotatable bonds is 6. The molecule has 7 nitrogen and oxygen atoms in total. The van der Waals surface area contributed by atoms with E-state index in [0.29, 0.717) is 11.8 Å². The highest BCUT2D eigenvalue weighted by Gasteiger charge is 2.34. The number of aromatic nitrogens is 2. The minimum atomic E-state index is -4.73. The predicted octanol–water partition coefficient (Wildman–Crippen LogP) is 2.76. The van der Waals surface area contributed by atoms with Crippen LogP contribution in [0.25, 0.3) is 0 Å². The molecule has 0 unspecified atom stereocenters. The van der Waals surface area contributed by atoms with Gasteiger partial charge in [-0.2, -0.15) is 18.2 Å². The number of carbonyl (C=O) groups excluding carboxylic acids is 1. The number of nitrogens with one attached hydrogen (secondary N) is 2. The second-order valence-corrected chi connectivity index (χ2v) is 6.22. The van der Waals surface area contributed by atoms with Crippen molar-refractivity contribution in [3.05, 3.63) is 41.6 Å². The van der Waals surface area contributed by atoms with E-state index in [-0.39, 0.29) is 29.9 Å². The molecule has 0 fully saturated rings. The van der Waals surface area contributed by atoms with Gasteiger partial charge in [-0.05, 0) is 24.1 Å². The Kier molecular flexibility index (Phi) is 6.21. The topological polar surface area (TPSA) is 113 Å². The molecule has 5 N–H and O–H groups in total. The van der Waals surface area contributed by atoms with Gasteiger partial charge in [-0.15, -0.1) is 0 Å². The smallest absolute Gasteiger partial charge is 0.399 e. The van der Waals surface area contributed by atoms with Crippen molar-refractivity contribution >= 4 is 23.4 Å².